The van der Waals surface area contributed by atoms with E-state index >= 15 is 0 Å². The molecule has 0 spiro atoms. The summed E-state index contributed by atoms with van der Waals surface area (Å²) in [6.45, 7) is 0.797. The van der Waals surface area contributed by atoms with Gasteiger partial charge < -0.3 is 23.8 Å². The van der Waals surface area contributed by atoms with E-state index in [2.05, 4.69) is 6.07 Å². The molecule has 0 radical (unpaired) electrons. The van der Waals surface area contributed by atoms with Crippen LogP contribution in [-0.4, -0.2) is 51.8 Å². The van der Waals surface area contributed by atoms with Gasteiger partial charge >= 0.3 is 0 Å². The zero-order chi connectivity index (χ0) is 22.9. The summed E-state index contributed by atoms with van der Waals surface area (Å²) in [7, 11) is 6.50. The molecule has 2 aromatic carbocycles. The summed E-state index contributed by atoms with van der Waals surface area (Å²) >= 11 is 0. The van der Waals surface area contributed by atoms with Crippen molar-refractivity contribution in [2.45, 2.75) is 38.1 Å². The number of likely N-dealkylation sites (tertiary alicyclic amines) is 1. The van der Waals surface area contributed by atoms with Crippen molar-refractivity contribution in [3.8, 4) is 23.0 Å². The standard InChI is InChI=1S/C26H33NO5/c1-29-22-13-9-19(17-24(22)31-3)8-12-21-7-5-6-16-27(21)26(28)15-11-20-10-14-23(30-2)25(18-20)32-4/h9-11,13-15,17-18,21H,5-8,12,16H2,1-4H3/b15-11+. The first-order valence-corrected chi connectivity index (χ1v) is 11.0. The number of benzene rings is 2. The van der Waals surface area contributed by atoms with Crippen LogP contribution in [0.1, 0.15) is 36.8 Å². The van der Waals surface area contributed by atoms with Gasteiger partial charge in [-0.25, -0.2) is 0 Å². The fourth-order valence-corrected chi connectivity index (χ4v) is 4.18. The average Bonchev–Trinajstić information content (AvgIpc) is 2.85. The summed E-state index contributed by atoms with van der Waals surface area (Å²) in [5.74, 6) is 2.83. The lowest BCUT2D eigenvalue weighted by Gasteiger charge is -2.35. The number of hydrogen-bond donors (Lipinski definition) is 0. The number of amides is 1. The first kappa shape index (κ1) is 23.5. The monoisotopic (exact) mass is 439 g/mol. The number of carbonyl (C=O) groups is 1. The smallest absolute Gasteiger partial charge is 0.246 e. The Bertz CT molecular complexity index is 940. The predicted octanol–water partition coefficient (Wildman–Crippen LogP) is 4.75. The Balaban J connectivity index is 1.65. The summed E-state index contributed by atoms with van der Waals surface area (Å²) in [6, 6.07) is 11.9. The van der Waals surface area contributed by atoms with Gasteiger partial charge in [-0.2, -0.15) is 0 Å². The highest BCUT2D eigenvalue weighted by Gasteiger charge is 2.25. The van der Waals surface area contributed by atoms with Crippen LogP contribution in [0.2, 0.25) is 0 Å². The Kier molecular flexibility index (Phi) is 8.42. The average molecular weight is 440 g/mol. The van der Waals surface area contributed by atoms with Gasteiger partial charge in [-0.1, -0.05) is 12.1 Å². The van der Waals surface area contributed by atoms with E-state index in [0.29, 0.717) is 11.5 Å². The molecular formula is C26H33NO5. The maximum atomic E-state index is 13.0. The molecule has 0 saturated carbocycles. The van der Waals surface area contributed by atoms with Crippen molar-refractivity contribution in [3.63, 3.8) is 0 Å². The highest BCUT2D eigenvalue weighted by molar-refractivity contribution is 5.92. The van der Waals surface area contributed by atoms with Gasteiger partial charge in [0.2, 0.25) is 5.91 Å². The maximum absolute atomic E-state index is 13.0. The molecule has 6 heteroatoms. The lowest BCUT2D eigenvalue weighted by molar-refractivity contribution is -0.129. The SMILES string of the molecule is COc1ccc(/C=C/C(=O)N2CCCCC2CCc2ccc(OC)c(OC)c2)cc1OC. The fourth-order valence-electron chi connectivity index (χ4n) is 4.18. The second-order valence-electron chi connectivity index (χ2n) is 7.86. The highest BCUT2D eigenvalue weighted by atomic mass is 16.5. The number of rotatable bonds is 9. The Hall–Kier alpha value is -3.15. The van der Waals surface area contributed by atoms with Crippen molar-refractivity contribution in [1.29, 1.82) is 0 Å². The zero-order valence-corrected chi connectivity index (χ0v) is 19.4. The number of hydrogen-bond acceptors (Lipinski definition) is 5. The summed E-state index contributed by atoms with van der Waals surface area (Å²) in [5.41, 5.74) is 2.08. The van der Waals surface area contributed by atoms with Crippen molar-refractivity contribution in [2.24, 2.45) is 0 Å². The molecule has 1 aliphatic rings. The Morgan fingerprint density at radius 3 is 2.25 bits per heavy atom. The second kappa shape index (κ2) is 11.5. The number of ether oxygens (including phenoxy) is 4. The zero-order valence-electron chi connectivity index (χ0n) is 19.4. The summed E-state index contributed by atoms with van der Waals surface area (Å²) in [4.78, 5) is 15.0. The normalized spacial score (nSPS) is 16.1. The van der Waals surface area contributed by atoms with E-state index in [1.165, 1.54) is 5.56 Å². The summed E-state index contributed by atoms with van der Waals surface area (Å²) in [6.07, 6.45) is 8.53. The molecule has 32 heavy (non-hydrogen) atoms. The third kappa shape index (κ3) is 5.75. The van der Waals surface area contributed by atoms with Crippen LogP contribution in [0.3, 0.4) is 0 Å². The number of carbonyl (C=O) groups excluding carboxylic acids is 1. The van der Waals surface area contributed by atoms with Gasteiger partial charge in [0, 0.05) is 18.7 Å². The van der Waals surface area contributed by atoms with Gasteiger partial charge in [0.25, 0.3) is 0 Å². The van der Waals surface area contributed by atoms with Crippen LogP contribution in [0.25, 0.3) is 6.08 Å². The number of methoxy groups -OCH3 is 4. The van der Waals surface area contributed by atoms with Gasteiger partial charge in [0.1, 0.15) is 0 Å². The Morgan fingerprint density at radius 2 is 1.56 bits per heavy atom. The van der Waals surface area contributed by atoms with Crippen molar-refractivity contribution in [2.75, 3.05) is 35.0 Å². The molecule has 0 bridgehead atoms. The topological polar surface area (TPSA) is 57.2 Å². The maximum Gasteiger partial charge on any atom is 0.246 e. The lowest BCUT2D eigenvalue weighted by Crippen LogP contribution is -2.43. The molecule has 6 nitrogen and oxygen atoms in total. The molecule has 1 atom stereocenters. The van der Waals surface area contributed by atoms with E-state index in [1.807, 2.05) is 41.3 Å². The minimum atomic E-state index is 0.0526. The predicted molar refractivity (Wildman–Crippen MR) is 126 cm³/mol. The van der Waals surface area contributed by atoms with Gasteiger partial charge in [0.05, 0.1) is 28.4 Å². The third-order valence-electron chi connectivity index (χ3n) is 5.95. The Morgan fingerprint density at radius 1 is 0.906 bits per heavy atom. The molecule has 0 aromatic heterocycles. The molecule has 0 aliphatic carbocycles. The van der Waals surface area contributed by atoms with E-state index in [-0.39, 0.29) is 11.9 Å². The first-order chi connectivity index (χ1) is 15.6. The third-order valence-corrected chi connectivity index (χ3v) is 5.95. The van der Waals surface area contributed by atoms with E-state index in [4.69, 9.17) is 18.9 Å². The molecule has 1 saturated heterocycles. The molecular weight excluding hydrogens is 406 g/mol. The summed E-state index contributed by atoms with van der Waals surface area (Å²) in [5, 5.41) is 0. The highest BCUT2D eigenvalue weighted by Crippen LogP contribution is 2.30. The van der Waals surface area contributed by atoms with Gasteiger partial charge in [-0.3, -0.25) is 4.79 Å². The van der Waals surface area contributed by atoms with E-state index in [0.717, 1.165) is 55.7 Å². The van der Waals surface area contributed by atoms with Crippen LogP contribution in [-0.2, 0) is 11.2 Å². The number of piperidine rings is 1. The lowest BCUT2D eigenvalue weighted by atomic mass is 9.95. The van der Waals surface area contributed by atoms with Crippen LogP contribution in [0.4, 0.5) is 0 Å². The first-order valence-electron chi connectivity index (χ1n) is 11.0. The number of aryl methyl sites for hydroxylation is 1. The molecule has 1 heterocycles. The molecule has 0 N–H and O–H groups in total. The minimum absolute atomic E-state index is 0.0526. The van der Waals surface area contributed by atoms with E-state index in [1.54, 1.807) is 34.5 Å². The van der Waals surface area contributed by atoms with Crippen molar-refractivity contribution in [1.82, 2.24) is 4.90 Å². The Labute approximate surface area is 190 Å². The van der Waals surface area contributed by atoms with Gasteiger partial charge in [-0.05, 0) is 73.6 Å². The number of nitrogens with zero attached hydrogens (tertiary/aromatic N) is 1. The molecule has 1 fully saturated rings. The van der Waals surface area contributed by atoms with Crippen molar-refractivity contribution in [3.05, 3.63) is 53.6 Å². The quantitative estimate of drug-likeness (QED) is 0.528. The van der Waals surface area contributed by atoms with E-state index < -0.39 is 0 Å². The van der Waals surface area contributed by atoms with Crippen LogP contribution in [0.15, 0.2) is 42.5 Å². The van der Waals surface area contributed by atoms with Crippen molar-refractivity contribution < 1.29 is 23.7 Å². The molecule has 172 valence electrons. The second-order valence-corrected chi connectivity index (χ2v) is 7.86. The van der Waals surface area contributed by atoms with Gasteiger partial charge in [0.15, 0.2) is 23.0 Å². The van der Waals surface area contributed by atoms with Crippen LogP contribution < -0.4 is 18.9 Å². The largest absolute Gasteiger partial charge is 0.493 e. The van der Waals surface area contributed by atoms with Crippen LogP contribution >= 0.6 is 0 Å². The molecule has 3 rings (SSSR count). The van der Waals surface area contributed by atoms with E-state index in [9.17, 15) is 4.79 Å². The molecule has 1 amide bonds. The minimum Gasteiger partial charge on any atom is -0.493 e. The fraction of sp³-hybridized carbons (Fsp3) is 0.423. The van der Waals surface area contributed by atoms with Crippen molar-refractivity contribution >= 4 is 12.0 Å². The summed E-state index contributed by atoms with van der Waals surface area (Å²) < 4.78 is 21.4. The van der Waals surface area contributed by atoms with Crippen LogP contribution in [0, 0.1) is 0 Å². The molecule has 1 unspecified atom stereocenters. The van der Waals surface area contributed by atoms with Crippen LogP contribution in [0.5, 0.6) is 23.0 Å². The molecule has 1 aliphatic heterocycles. The molecule has 2 aromatic rings. The van der Waals surface area contributed by atoms with Gasteiger partial charge in [-0.15, -0.1) is 0 Å².